The number of nitrogens with zero attached hydrogens (tertiary/aromatic N) is 1. The minimum Gasteiger partial charge on any atom is -0.431 e. The molecule has 0 aliphatic carbocycles. The molecule has 0 spiro atoms. The van der Waals surface area contributed by atoms with Gasteiger partial charge in [0.2, 0.25) is 15.9 Å². The Hall–Kier alpha value is -5.86. The largest absolute Gasteiger partial charge is 0.431 e. The summed E-state index contributed by atoms with van der Waals surface area (Å²) in [6, 6.07) is 49.4. The van der Waals surface area contributed by atoms with Crippen LogP contribution in [0.25, 0.3) is 22.6 Å². The number of oxazole rings is 1. The van der Waals surface area contributed by atoms with E-state index >= 15 is 0 Å². The van der Waals surface area contributed by atoms with Crippen molar-refractivity contribution in [1.82, 2.24) is 9.71 Å². The summed E-state index contributed by atoms with van der Waals surface area (Å²) in [5.41, 5.74) is 7.20. The topological polar surface area (TPSA) is 140 Å². The second kappa shape index (κ2) is 19.2. The van der Waals surface area contributed by atoms with Crippen molar-refractivity contribution in [2.45, 2.75) is 61.0 Å². The molecule has 8 rings (SSSR count). The number of ether oxygens (including phenoxy) is 2. The first-order valence-corrected chi connectivity index (χ1v) is 22.5. The molecule has 3 N–H and O–H groups in total. The summed E-state index contributed by atoms with van der Waals surface area (Å²) in [6.07, 6.45) is -0.803. The number of sulfonamides is 1. The number of hydrogen-bond acceptors (Lipinski definition) is 9. The Balaban J connectivity index is 1.03. The van der Waals surface area contributed by atoms with Crippen LogP contribution < -0.4 is 10.0 Å². The van der Waals surface area contributed by atoms with Crippen LogP contribution in [0.4, 0.5) is 5.69 Å². The third kappa shape index (κ3) is 10.5. The molecule has 61 heavy (non-hydrogen) atoms. The van der Waals surface area contributed by atoms with Gasteiger partial charge in [0.15, 0.2) is 12.1 Å². The molecule has 0 saturated carbocycles. The molecule has 0 radical (unpaired) electrons. The van der Waals surface area contributed by atoms with Crippen LogP contribution in [0.5, 0.6) is 0 Å². The summed E-state index contributed by atoms with van der Waals surface area (Å²) in [7, 11) is -4.04. The fourth-order valence-electron chi connectivity index (χ4n) is 7.13. The maximum atomic E-state index is 14.0. The van der Waals surface area contributed by atoms with Crippen molar-refractivity contribution < 1.29 is 32.2 Å². The van der Waals surface area contributed by atoms with E-state index < -0.39 is 28.3 Å². The summed E-state index contributed by atoms with van der Waals surface area (Å²) < 4.78 is 49.4. The molecule has 1 aromatic heterocycles. The number of carbonyl (C=O) groups excluding carboxylic acids is 1. The summed E-state index contributed by atoms with van der Waals surface area (Å²) >= 11 is 1.47. The van der Waals surface area contributed by atoms with E-state index in [4.69, 9.17) is 18.9 Å². The van der Waals surface area contributed by atoms with E-state index in [1.165, 1.54) is 23.9 Å². The fraction of sp³-hybridized carbons (Fsp3) is 0.184. The lowest BCUT2D eigenvalue weighted by molar-refractivity contribution is -0.245. The van der Waals surface area contributed by atoms with Crippen molar-refractivity contribution in [2.24, 2.45) is 0 Å². The standard InChI is InChI=1S/C49H45N3O7S2/c1-33-20-26-42(27-21-33)61(55,56)52-43(28-34-12-5-2-6-13-34)47(54)50-40-19-11-18-39(29-40)48-57-41(30-44(58-48)36-24-22-35(31-53)23-25-36)32-60-49-51-45(37-14-7-3-8-15-37)46(59-49)38-16-9-4-10-17-38/h2-27,29,41,43-44,48,52-53H,28,30-32H2,1H3,(H,50,54)/t41-,43-,44+,48+/m1/s1. The summed E-state index contributed by atoms with van der Waals surface area (Å²) in [6.45, 7) is 1.81. The number of aliphatic hydroxyl groups excluding tert-OH is 1. The normalized spacial score (nSPS) is 17.1. The predicted octanol–water partition coefficient (Wildman–Crippen LogP) is 9.68. The smallest absolute Gasteiger partial charge is 0.256 e. The Morgan fingerprint density at radius 2 is 1.44 bits per heavy atom. The van der Waals surface area contributed by atoms with Crippen molar-refractivity contribution in [3.8, 4) is 22.6 Å². The number of aliphatic hydroxyl groups is 1. The van der Waals surface area contributed by atoms with Crippen LogP contribution in [0.1, 0.15) is 46.6 Å². The molecular weight excluding hydrogens is 807 g/mol. The van der Waals surface area contributed by atoms with Gasteiger partial charge in [0.1, 0.15) is 11.7 Å². The van der Waals surface area contributed by atoms with E-state index in [1.807, 2.05) is 128 Å². The highest BCUT2D eigenvalue weighted by atomic mass is 32.2. The maximum Gasteiger partial charge on any atom is 0.256 e. The number of carbonyl (C=O) groups is 1. The number of amides is 1. The lowest BCUT2D eigenvalue weighted by atomic mass is 10.0. The molecule has 1 aliphatic rings. The second-order valence-electron chi connectivity index (χ2n) is 14.8. The van der Waals surface area contributed by atoms with E-state index in [-0.39, 0.29) is 30.1 Å². The highest BCUT2D eigenvalue weighted by Gasteiger charge is 2.33. The van der Waals surface area contributed by atoms with Crippen molar-refractivity contribution in [3.05, 3.63) is 192 Å². The zero-order valence-corrected chi connectivity index (χ0v) is 35.0. The van der Waals surface area contributed by atoms with E-state index in [0.717, 1.165) is 39.1 Å². The molecule has 2 heterocycles. The molecule has 310 valence electrons. The Kier molecular flexibility index (Phi) is 13.2. The Bertz CT molecular complexity index is 2590. The molecule has 1 aliphatic heterocycles. The third-order valence-corrected chi connectivity index (χ3v) is 12.8. The molecule has 10 nitrogen and oxygen atoms in total. The summed E-state index contributed by atoms with van der Waals surface area (Å²) in [5.74, 6) is 0.677. The average molecular weight is 852 g/mol. The first-order valence-electron chi connectivity index (χ1n) is 20.0. The van der Waals surface area contributed by atoms with Gasteiger partial charge in [0.05, 0.1) is 23.7 Å². The lowest BCUT2D eigenvalue weighted by Gasteiger charge is -2.36. The average Bonchev–Trinajstić information content (AvgIpc) is 3.74. The van der Waals surface area contributed by atoms with Crippen LogP contribution in [-0.2, 0) is 37.3 Å². The van der Waals surface area contributed by atoms with Crippen LogP contribution in [0.3, 0.4) is 0 Å². The summed E-state index contributed by atoms with van der Waals surface area (Å²) in [5, 5.41) is 13.2. The molecule has 1 saturated heterocycles. The highest BCUT2D eigenvalue weighted by Crippen LogP contribution is 2.41. The number of hydrogen-bond donors (Lipinski definition) is 3. The lowest BCUT2D eigenvalue weighted by Crippen LogP contribution is -2.45. The van der Waals surface area contributed by atoms with E-state index in [0.29, 0.717) is 34.4 Å². The predicted molar refractivity (Wildman–Crippen MR) is 237 cm³/mol. The van der Waals surface area contributed by atoms with Crippen molar-refractivity contribution in [3.63, 3.8) is 0 Å². The number of benzene rings is 6. The minimum absolute atomic E-state index is 0.0684. The van der Waals surface area contributed by atoms with Gasteiger partial charge in [-0.2, -0.15) is 4.72 Å². The van der Waals surface area contributed by atoms with Crippen LogP contribution >= 0.6 is 11.8 Å². The van der Waals surface area contributed by atoms with Gasteiger partial charge in [0.25, 0.3) is 5.22 Å². The van der Waals surface area contributed by atoms with Gasteiger partial charge in [-0.1, -0.05) is 157 Å². The van der Waals surface area contributed by atoms with Gasteiger partial charge in [-0.15, -0.1) is 0 Å². The van der Waals surface area contributed by atoms with Crippen LogP contribution in [-0.4, -0.2) is 42.3 Å². The molecule has 1 amide bonds. The van der Waals surface area contributed by atoms with E-state index in [9.17, 15) is 18.3 Å². The number of rotatable bonds is 15. The highest BCUT2D eigenvalue weighted by molar-refractivity contribution is 7.99. The molecule has 4 atom stereocenters. The molecule has 0 bridgehead atoms. The first-order chi connectivity index (χ1) is 29.7. The first kappa shape index (κ1) is 41.9. The molecule has 7 aromatic rings. The number of nitrogens with one attached hydrogen (secondary N) is 2. The number of anilines is 1. The number of aromatic nitrogens is 1. The Morgan fingerprint density at radius 3 is 2.13 bits per heavy atom. The fourth-order valence-corrected chi connectivity index (χ4v) is 9.17. The van der Waals surface area contributed by atoms with E-state index in [2.05, 4.69) is 10.0 Å². The number of aryl methyl sites for hydroxylation is 1. The Labute approximate surface area is 360 Å². The van der Waals surface area contributed by atoms with Crippen molar-refractivity contribution in [1.29, 1.82) is 0 Å². The maximum absolute atomic E-state index is 14.0. The van der Waals surface area contributed by atoms with Crippen LogP contribution in [0, 0.1) is 6.92 Å². The third-order valence-electron chi connectivity index (χ3n) is 10.4. The molecular formula is C49H45N3O7S2. The van der Waals surface area contributed by atoms with Gasteiger partial charge in [-0.05, 0) is 54.3 Å². The Morgan fingerprint density at radius 1 is 0.770 bits per heavy atom. The molecule has 1 fully saturated rings. The van der Waals surface area contributed by atoms with Gasteiger partial charge in [-0.3, -0.25) is 4.79 Å². The zero-order chi connectivity index (χ0) is 42.2. The van der Waals surface area contributed by atoms with Gasteiger partial charge >= 0.3 is 0 Å². The zero-order valence-electron chi connectivity index (χ0n) is 33.4. The van der Waals surface area contributed by atoms with Crippen molar-refractivity contribution in [2.75, 3.05) is 11.1 Å². The monoisotopic (exact) mass is 851 g/mol. The number of thioether (sulfide) groups is 1. The van der Waals surface area contributed by atoms with Crippen LogP contribution in [0.2, 0.25) is 0 Å². The SMILES string of the molecule is Cc1ccc(S(=O)(=O)N[C@H](Cc2ccccc2)C(=O)Nc2cccc([C@H]3O[C@@H](CSc4nc(-c5ccccc5)c(-c5ccccc5)o4)C[C@@H](c4ccc(CO)cc4)O3)c2)cc1. The second-order valence-corrected chi connectivity index (χ2v) is 17.5. The molecule has 12 heteroatoms. The minimum atomic E-state index is -4.04. The van der Waals surface area contributed by atoms with Gasteiger partial charge in [0, 0.05) is 34.6 Å². The quantitative estimate of drug-likeness (QED) is 0.0861. The molecule has 0 unspecified atom stereocenters. The van der Waals surface area contributed by atoms with Gasteiger partial charge < -0.3 is 24.3 Å². The molecule has 6 aromatic carbocycles. The van der Waals surface area contributed by atoms with Gasteiger partial charge in [-0.25, -0.2) is 13.4 Å². The van der Waals surface area contributed by atoms with Crippen molar-refractivity contribution >= 4 is 33.4 Å². The van der Waals surface area contributed by atoms with E-state index in [1.54, 1.807) is 30.3 Å². The van der Waals surface area contributed by atoms with Crippen LogP contribution in [0.15, 0.2) is 178 Å². The summed E-state index contributed by atoms with van der Waals surface area (Å²) in [4.78, 5) is 19.0.